The van der Waals surface area contributed by atoms with E-state index in [0.717, 1.165) is 44.6 Å². The van der Waals surface area contributed by atoms with Crippen LogP contribution >= 0.6 is 0 Å². The average molecular weight is 566 g/mol. The fraction of sp³-hybridized carbons (Fsp3) is 0.0952. The third kappa shape index (κ3) is 3.37. The molecule has 0 saturated heterocycles. The predicted octanol–water partition coefficient (Wildman–Crippen LogP) is 12.0. The molecule has 0 unspecified atom stereocenters. The van der Waals surface area contributed by atoms with Gasteiger partial charge in [-0.1, -0.05) is 123 Å². The number of para-hydroxylation sites is 3. The van der Waals surface area contributed by atoms with Crippen LogP contribution in [0.1, 0.15) is 30.5 Å². The largest absolute Gasteiger partial charge is 0.454 e. The Kier molecular flexibility index (Phi) is 5.20. The summed E-state index contributed by atoms with van der Waals surface area (Å²) in [5.41, 5.74) is 11.5. The zero-order valence-corrected chi connectivity index (χ0v) is 25.1. The average Bonchev–Trinajstić information content (AvgIpc) is 3.56. The van der Waals surface area contributed by atoms with Gasteiger partial charge in [-0.15, -0.1) is 0 Å². The summed E-state index contributed by atoms with van der Waals surface area (Å²) in [5.74, 6) is 0. The zero-order chi connectivity index (χ0) is 29.6. The van der Waals surface area contributed by atoms with Crippen molar-refractivity contribution in [1.29, 1.82) is 0 Å². The van der Waals surface area contributed by atoms with Gasteiger partial charge in [0.15, 0.2) is 5.58 Å². The molecule has 2 nitrogen and oxygen atoms in total. The van der Waals surface area contributed by atoms with Gasteiger partial charge in [-0.25, -0.2) is 0 Å². The van der Waals surface area contributed by atoms with Gasteiger partial charge in [-0.2, -0.15) is 0 Å². The molecule has 1 heterocycles. The molecule has 210 valence electrons. The number of hydrogen-bond acceptors (Lipinski definition) is 2. The zero-order valence-electron chi connectivity index (χ0n) is 25.1. The molecule has 0 aliphatic heterocycles. The molecule has 1 aliphatic carbocycles. The molecular formula is C42H31NO. The number of aryl methyl sites for hydroxylation is 1. The maximum atomic E-state index is 6.74. The minimum atomic E-state index is -0.185. The normalized spacial score (nSPS) is 13.5. The highest BCUT2D eigenvalue weighted by molar-refractivity contribution is 6.15. The standard InChI is InChI=1S/C42H31NO/c1-26-13-11-20-32-33-21-12-22-36(41(33)44-40(26)32)43(28-15-5-4-6-16-28)37-25-35-38(31-19-10-9-18-30(31)37)34-24-23-27-14-7-8-17-29(27)39(34)42(35,2)3/h4-25H,1-3H3. The van der Waals surface area contributed by atoms with E-state index < -0.39 is 0 Å². The first-order chi connectivity index (χ1) is 21.5. The van der Waals surface area contributed by atoms with Gasteiger partial charge >= 0.3 is 0 Å². The van der Waals surface area contributed by atoms with Gasteiger partial charge in [0, 0.05) is 27.3 Å². The number of anilines is 3. The second kappa shape index (κ2) is 9.08. The van der Waals surface area contributed by atoms with Crippen molar-refractivity contribution < 1.29 is 4.42 Å². The van der Waals surface area contributed by atoms with Gasteiger partial charge in [0.25, 0.3) is 0 Å². The first kappa shape index (κ1) is 25.2. The maximum Gasteiger partial charge on any atom is 0.159 e. The van der Waals surface area contributed by atoms with Crippen molar-refractivity contribution >= 4 is 60.5 Å². The maximum absolute atomic E-state index is 6.74. The van der Waals surface area contributed by atoms with Crippen LogP contribution in [-0.4, -0.2) is 0 Å². The Hall–Kier alpha value is -5.34. The Morgan fingerprint density at radius 3 is 2.02 bits per heavy atom. The molecule has 8 aromatic rings. The molecule has 9 rings (SSSR count). The number of benzene rings is 7. The third-order valence-electron chi connectivity index (χ3n) is 9.72. The number of rotatable bonds is 3. The molecule has 7 aromatic carbocycles. The van der Waals surface area contributed by atoms with Crippen LogP contribution in [0.15, 0.2) is 138 Å². The third-order valence-corrected chi connectivity index (χ3v) is 9.72. The van der Waals surface area contributed by atoms with Crippen molar-refractivity contribution in [2.24, 2.45) is 0 Å². The predicted molar refractivity (Wildman–Crippen MR) is 186 cm³/mol. The lowest BCUT2D eigenvalue weighted by molar-refractivity contribution is 0.665. The van der Waals surface area contributed by atoms with Crippen LogP contribution in [0.3, 0.4) is 0 Å². The summed E-state index contributed by atoms with van der Waals surface area (Å²) in [6.07, 6.45) is 0. The van der Waals surface area contributed by atoms with Crippen molar-refractivity contribution in [3.05, 3.63) is 150 Å². The van der Waals surface area contributed by atoms with Crippen LogP contribution in [-0.2, 0) is 5.41 Å². The van der Waals surface area contributed by atoms with E-state index in [2.05, 4.69) is 159 Å². The lowest BCUT2D eigenvalue weighted by Gasteiger charge is -2.30. The summed E-state index contributed by atoms with van der Waals surface area (Å²) in [6.45, 7) is 6.90. The summed E-state index contributed by atoms with van der Waals surface area (Å²) in [7, 11) is 0. The Morgan fingerprint density at radius 2 is 1.20 bits per heavy atom. The van der Waals surface area contributed by atoms with Gasteiger partial charge in [-0.05, 0) is 75.2 Å². The smallest absolute Gasteiger partial charge is 0.159 e. The SMILES string of the molecule is Cc1cccc2c1oc1c(N(c3ccccc3)c3cc4c(c5ccccc35)-c3ccc5ccccc5c3C4(C)C)cccc12. The Bertz CT molecular complexity index is 2430. The molecule has 2 heteroatoms. The summed E-state index contributed by atoms with van der Waals surface area (Å²) in [6, 6.07) is 48.4. The van der Waals surface area contributed by atoms with Gasteiger partial charge in [0.1, 0.15) is 5.58 Å². The van der Waals surface area contributed by atoms with Crippen molar-refractivity contribution in [3.63, 3.8) is 0 Å². The van der Waals surface area contributed by atoms with E-state index in [4.69, 9.17) is 4.42 Å². The minimum absolute atomic E-state index is 0.185. The molecule has 0 fully saturated rings. The number of furan rings is 1. The van der Waals surface area contributed by atoms with Crippen molar-refractivity contribution in [1.82, 2.24) is 0 Å². The number of fused-ring (bicyclic) bond motifs is 10. The molecule has 0 radical (unpaired) electrons. The van der Waals surface area contributed by atoms with E-state index in [1.807, 2.05) is 0 Å². The lowest BCUT2D eigenvalue weighted by atomic mass is 9.79. The van der Waals surface area contributed by atoms with Crippen LogP contribution in [0.25, 0.3) is 54.6 Å². The first-order valence-electron chi connectivity index (χ1n) is 15.4. The van der Waals surface area contributed by atoms with Crippen LogP contribution in [0.5, 0.6) is 0 Å². The molecule has 1 aromatic heterocycles. The van der Waals surface area contributed by atoms with Crippen LogP contribution in [0, 0.1) is 6.92 Å². The number of hydrogen-bond donors (Lipinski definition) is 0. The summed E-state index contributed by atoms with van der Waals surface area (Å²) in [5, 5.41) is 7.39. The topological polar surface area (TPSA) is 16.4 Å². The number of nitrogens with zero attached hydrogens (tertiary/aromatic N) is 1. The highest BCUT2D eigenvalue weighted by Gasteiger charge is 2.39. The van der Waals surface area contributed by atoms with Crippen LogP contribution in [0.2, 0.25) is 0 Å². The fourth-order valence-corrected chi connectivity index (χ4v) is 7.72. The van der Waals surface area contributed by atoms with Crippen molar-refractivity contribution in [3.8, 4) is 11.1 Å². The monoisotopic (exact) mass is 565 g/mol. The van der Waals surface area contributed by atoms with E-state index in [1.54, 1.807) is 0 Å². The van der Waals surface area contributed by atoms with Gasteiger partial charge in [0.2, 0.25) is 0 Å². The Labute approximate surface area is 256 Å². The van der Waals surface area contributed by atoms with E-state index in [0.29, 0.717) is 0 Å². The molecule has 1 aliphatic rings. The highest BCUT2D eigenvalue weighted by atomic mass is 16.3. The van der Waals surface area contributed by atoms with Crippen molar-refractivity contribution in [2.45, 2.75) is 26.2 Å². The van der Waals surface area contributed by atoms with Crippen LogP contribution in [0.4, 0.5) is 17.1 Å². The quantitative estimate of drug-likeness (QED) is 0.212. The molecule has 0 atom stereocenters. The summed E-state index contributed by atoms with van der Waals surface area (Å²) in [4.78, 5) is 2.40. The van der Waals surface area contributed by atoms with E-state index in [9.17, 15) is 0 Å². The minimum Gasteiger partial charge on any atom is -0.454 e. The van der Waals surface area contributed by atoms with E-state index in [-0.39, 0.29) is 5.41 Å². The molecule has 0 N–H and O–H groups in total. The molecular weight excluding hydrogens is 534 g/mol. The molecule has 44 heavy (non-hydrogen) atoms. The first-order valence-corrected chi connectivity index (χ1v) is 15.4. The van der Waals surface area contributed by atoms with E-state index in [1.165, 1.54) is 43.8 Å². The fourth-order valence-electron chi connectivity index (χ4n) is 7.72. The second-order valence-electron chi connectivity index (χ2n) is 12.6. The molecule has 0 spiro atoms. The Balaban J connectivity index is 1.39. The second-order valence-corrected chi connectivity index (χ2v) is 12.6. The van der Waals surface area contributed by atoms with Gasteiger partial charge in [-0.3, -0.25) is 0 Å². The summed E-state index contributed by atoms with van der Waals surface area (Å²) < 4.78 is 6.74. The van der Waals surface area contributed by atoms with Crippen molar-refractivity contribution in [2.75, 3.05) is 4.90 Å². The lowest BCUT2D eigenvalue weighted by Crippen LogP contribution is -2.17. The van der Waals surface area contributed by atoms with E-state index >= 15 is 0 Å². The Morgan fingerprint density at radius 1 is 0.545 bits per heavy atom. The molecule has 0 saturated carbocycles. The molecule has 0 bridgehead atoms. The molecule has 0 amide bonds. The summed E-state index contributed by atoms with van der Waals surface area (Å²) >= 11 is 0. The van der Waals surface area contributed by atoms with Crippen LogP contribution < -0.4 is 4.90 Å². The van der Waals surface area contributed by atoms with Gasteiger partial charge < -0.3 is 9.32 Å². The highest BCUT2D eigenvalue weighted by Crippen LogP contribution is 2.56. The van der Waals surface area contributed by atoms with Gasteiger partial charge in [0.05, 0.1) is 11.4 Å².